The fourth-order valence-electron chi connectivity index (χ4n) is 4.24. The van der Waals surface area contributed by atoms with Crippen LogP contribution in [0.25, 0.3) is 0 Å². The molecule has 0 spiro atoms. The fourth-order valence-corrected chi connectivity index (χ4v) is 4.24. The van der Waals surface area contributed by atoms with E-state index in [-0.39, 0.29) is 17.9 Å². The quantitative estimate of drug-likeness (QED) is 0.814. The van der Waals surface area contributed by atoms with E-state index in [1.807, 2.05) is 29.2 Å². The van der Waals surface area contributed by atoms with Crippen molar-refractivity contribution in [2.45, 2.75) is 19.5 Å². The molecule has 2 aliphatic rings. The van der Waals surface area contributed by atoms with E-state index in [0.29, 0.717) is 6.54 Å². The van der Waals surface area contributed by atoms with Crippen molar-refractivity contribution in [3.63, 3.8) is 0 Å². The number of aryl methyl sites for hydroxylation is 1. The van der Waals surface area contributed by atoms with Gasteiger partial charge in [0.25, 0.3) is 0 Å². The van der Waals surface area contributed by atoms with E-state index in [9.17, 15) is 4.79 Å². The van der Waals surface area contributed by atoms with Gasteiger partial charge in [0.2, 0.25) is 5.91 Å². The molecule has 2 N–H and O–H groups in total. The number of carbonyl (C=O) groups is 1. The van der Waals surface area contributed by atoms with E-state index in [1.165, 1.54) is 11.1 Å². The van der Waals surface area contributed by atoms with Crippen molar-refractivity contribution in [1.82, 2.24) is 20.7 Å². The third-order valence-corrected chi connectivity index (χ3v) is 6.11. The second kappa shape index (κ2) is 8.95. The lowest BCUT2D eigenvalue weighted by atomic mass is 9.93. The average molecular weight is 395 g/mol. The van der Waals surface area contributed by atoms with Crippen LogP contribution >= 0.6 is 0 Å². The molecule has 6 heteroatoms. The van der Waals surface area contributed by atoms with Gasteiger partial charge in [-0.05, 0) is 35.7 Å². The molecular formula is C23H30N4O2. The number of rotatable bonds is 5. The molecule has 2 heterocycles. The van der Waals surface area contributed by atoms with Crippen molar-refractivity contribution in [2.75, 3.05) is 39.8 Å². The molecule has 0 aromatic heterocycles. The first-order valence-electron chi connectivity index (χ1n) is 10.3. The Morgan fingerprint density at radius 2 is 1.79 bits per heavy atom. The molecule has 154 valence electrons. The smallest absolute Gasteiger partial charge is 0.229 e. The first-order chi connectivity index (χ1) is 14.2. The maximum Gasteiger partial charge on any atom is 0.229 e. The Morgan fingerprint density at radius 3 is 2.48 bits per heavy atom. The van der Waals surface area contributed by atoms with Gasteiger partial charge in [0.1, 0.15) is 5.75 Å². The number of hydrogen-bond acceptors (Lipinski definition) is 5. The lowest BCUT2D eigenvalue weighted by Crippen LogP contribution is -2.50. The van der Waals surface area contributed by atoms with Crippen LogP contribution in [0.3, 0.4) is 0 Å². The van der Waals surface area contributed by atoms with Gasteiger partial charge in [-0.25, -0.2) is 5.43 Å². The van der Waals surface area contributed by atoms with Crippen LogP contribution in [0.1, 0.15) is 22.7 Å². The Bertz CT molecular complexity index is 831. The minimum atomic E-state index is -0.0914. The van der Waals surface area contributed by atoms with E-state index < -0.39 is 0 Å². The van der Waals surface area contributed by atoms with Crippen molar-refractivity contribution in [3.8, 4) is 5.75 Å². The zero-order valence-corrected chi connectivity index (χ0v) is 17.2. The molecule has 0 radical (unpaired) electrons. The van der Waals surface area contributed by atoms with Gasteiger partial charge in [0, 0.05) is 39.3 Å². The molecule has 0 bridgehead atoms. The Morgan fingerprint density at radius 1 is 1.07 bits per heavy atom. The van der Waals surface area contributed by atoms with Crippen molar-refractivity contribution >= 4 is 5.91 Å². The Balaban J connectivity index is 1.35. The molecule has 2 aliphatic heterocycles. The fraction of sp³-hybridized carbons (Fsp3) is 0.435. The van der Waals surface area contributed by atoms with Crippen LogP contribution in [0.4, 0.5) is 0 Å². The summed E-state index contributed by atoms with van der Waals surface area (Å²) in [6, 6.07) is 16.5. The zero-order chi connectivity index (χ0) is 20.2. The van der Waals surface area contributed by atoms with Gasteiger partial charge in [-0.15, -0.1) is 0 Å². The number of benzene rings is 2. The number of amides is 1. The Labute approximate surface area is 172 Å². The summed E-state index contributed by atoms with van der Waals surface area (Å²) in [5.74, 6) is 0.970. The number of hydrogen-bond donors (Lipinski definition) is 2. The Kier molecular flexibility index (Phi) is 6.13. The van der Waals surface area contributed by atoms with Crippen molar-refractivity contribution in [3.05, 3.63) is 65.2 Å². The molecule has 1 amide bonds. The van der Waals surface area contributed by atoms with Gasteiger partial charge in [-0.1, -0.05) is 36.4 Å². The molecule has 2 unspecified atom stereocenters. The van der Waals surface area contributed by atoms with Crippen molar-refractivity contribution < 1.29 is 9.53 Å². The van der Waals surface area contributed by atoms with Gasteiger partial charge in [-0.3, -0.25) is 15.1 Å². The first-order valence-corrected chi connectivity index (χ1v) is 10.3. The molecule has 2 aromatic carbocycles. The number of piperazine rings is 1. The van der Waals surface area contributed by atoms with E-state index in [1.54, 1.807) is 7.11 Å². The summed E-state index contributed by atoms with van der Waals surface area (Å²) in [5.41, 5.74) is 10.3. The van der Waals surface area contributed by atoms with Crippen LogP contribution in [0.5, 0.6) is 5.75 Å². The van der Waals surface area contributed by atoms with E-state index in [2.05, 4.69) is 46.9 Å². The highest BCUT2D eigenvalue weighted by molar-refractivity contribution is 5.80. The summed E-state index contributed by atoms with van der Waals surface area (Å²) < 4.78 is 5.25. The summed E-state index contributed by atoms with van der Waals surface area (Å²) in [6.07, 6.45) is 0. The maximum atomic E-state index is 13.2. The number of nitrogens with one attached hydrogen (secondary N) is 2. The number of carbonyl (C=O) groups excluding carboxylic acids is 1. The highest BCUT2D eigenvalue weighted by atomic mass is 16.5. The molecule has 29 heavy (non-hydrogen) atoms. The van der Waals surface area contributed by atoms with Crippen LogP contribution in [0.15, 0.2) is 48.5 Å². The van der Waals surface area contributed by atoms with Gasteiger partial charge in [0.05, 0.1) is 19.1 Å². The molecule has 6 nitrogen and oxygen atoms in total. The number of methoxy groups -OCH3 is 1. The molecule has 2 saturated heterocycles. The predicted octanol–water partition coefficient (Wildman–Crippen LogP) is 2.11. The van der Waals surface area contributed by atoms with Gasteiger partial charge in [-0.2, -0.15) is 0 Å². The minimum Gasteiger partial charge on any atom is -0.497 e. The molecule has 2 aromatic rings. The van der Waals surface area contributed by atoms with Crippen molar-refractivity contribution in [1.29, 1.82) is 0 Å². The highest BCUT2D eigenvalue weighted by Crippen LogP contribution is 2.28. The topological polar surface area (TPSA) is 56.8 Å². The highest BCUT2D eigenvalue weighted by Gasteiger charge is 2.37. The lowest BCUT2D eigenvalue weighted by Gasteiger charge is -2.36. The van der Waals surface area contributed by atoms with Gasteiger partial charge >= 0.3 is 0 Å². The van der Waals surface area contributed by atoms with Crippen LogP contribution < -0.4 is 15.6 Å². The van der Waals surface area contributed by atoms with Gasteiger partial charge in [0.15, 0.2) is 0 Å². The molecule has 4 rings (SSSR count). The second-order valence-corrected chi connectivity index (χ2v) is 7.91. The third kappa shape index (κ3) is 4.45. The van der Waals surface area contributed by atoms with Crippen LogP contribution in [0, 0.1) is 12.8 Å². The minimum absolute atomic E-state index is 0.0154. The van der Waals surface area contributed by atoms with Crippen molar-refractivity contribution in [2.24, 2.45) is 5.92 Å². The summed E-state index contributed by atoms with van der Waals surface area (Å²) in [7, 11) is 1.66. The number of nitrogens with zero attached hydrogens (tertiary/aromatic N) is 2. The zero-order valence-electron chi connectivity index (χ0n) is 17.2. The predicted molar refractivity (Wildman–Crippen MR) is 113 cm³/mol. The largest absolute Gasteiger partial charge is 0.497 e. The molecule has 2 atom stereocenters. The van der Waals surface area contributed by atoms with Crippen LogP contribution in [-0.2, 0) is 11.3 Å². The number of hydrazine groups is 1. The SMILES string of the molecule is COc1ccc(C2NNCC2C(=O)N2CCN(Cc3ccccc3C)CC2)cc1. The van der Waals surface area contributed by atoms with E-state index in [0.717, 1.165) is 44.0 Å². The normalized spacial score (nSPS) is 22.6. The molecule has 0 aliphatic carbocycles. The Hall–Kier alpha value is -2.41. The first kappa shape index (κ1) is 19.9. The van der Waals surface area contributed by atoms with Crippen LogP contribution in [0.2, 0.25) is 0 Å². The standard InChI is InChI=1S/C23H30N4O2/c1-17-5-3-4-6-19(17)16-26-11-13-27(14-12-26)23(28)21-15-24-25-22(21)18-7-9-20(29-2)10-8-18/h3-10,21-22,24-25H,11-16H2,1-2H3. The second-order valence-electron chi connectivity index (χ2n) is 7.91. The lowest BCUT2D eigenvalue weighted by molar-refractivity contribution is -0.137. The summed E-state index contributed by atoms with van der Waals surface area (Å²) in [6.45, 7) is 7.18. The monoisotopic (exact) mass is 394 g/mol. The molecule has 0 saturated carbocycles. The van der Waals surface area contributed by atoms with Crippen LogP contribution in [-0.4, -0.2) is 55.5 Å². The summed E-state index contributed by atoms with van der Waals surface area (Å²) in [4.78, 5) is 17.7. The summed E-state index contributed by atoms with van der Waals surface area (Å²) in [5, 5.41) is 0. The molecular weight excluding hydrogens is 364 g/mol. The maximum absolute atomic E-state index is 13.2. The average Bonchev–Trinajstić information content (AvgIpc) is 3.25. The molecule has 2 fully saturated rings. The van der Waals surface area contributed by atoms with Gasteiger partial charge < -0.3 is 9.64 Å². The number of ether oxygens (including phenoxy) is 1. The summed E-state index contributed by atoms with van der Waals surface area (Å²) >= 11 is 0. The van der Waals surface area contributed by atoms with E-state index >= 15 is 0 Å². The third-order valence-electron chi connectivity index (χ3n) is 6.11. The van der Waals surface area contributed by atoms with E-state index in [4.69, 9.17) is 4.74 Å².